The minimum atomic E-state index is -0.291. The van der Waals surface area contributed by atoms with E-state index in [0.717, 1.165) is 25.9 Å². The lowest BCUT2D eigenvalue weighted by Crippen LogP contribution is -2.43. The average Bonchev–Trinajstić information content (AvgIpc) is 2.90. The smallest absolute Gasteiger partial charge is 0.106 e. The largest absolute Gasteiger partial charge is 0.286 e. The van der Waals surface area contributed by atoms with Gasteiger partial charge in [0.15, 0.2) is 0 Å². The highest BCUT2D eigenvalue weighted by Gasteiger charge is 2.33. The Morgan fingerprint density at radius 3 is 2.67 bits per heavy atom. The van der Waals surface area contributed by atoms with Gasteiger partial charge in [-0.15, -0.1) is 0 Å². The number of likely N-dealkylation sites (tertiary alicyclic amines) is 1. The van der Waals surface area contributed by atoms with Gasteiger partial charge in [0.1, 0.15) is 5.54 Å². The molecule has 2 nitrogen and oxygen atoms in total. The van der Waals surface area contributed by atoms with Crippen molar-refractivity contribution < 1.29 is 0 Å². The summed E-state index contributed by atoms with van der Waals surface area (Å²) >= 11 is 0. The van der Waals surface area contributed by atoms with Gasteiger partial charge in [0.25, 0.3) is 0 Å². The number of hydrogen-bond acceptors (Lipinski definition) is 2. The molecule has 0 bridgehead atoms. The van der Waals surface area contributed by atoms with Gasteiger partial charge in [-0.3, -0.25) is 4.90 Å². The molecule has 1 aromatic carbocycles. The number of rotatable bonds is 4. The number of hydrogen-bond donors (Lipinski definition) is 0. The van der Waals surface area contributed by atoms with Crippen LogP contribution in [0.2, 0.25) is 0 Å². The maximum atomic E-state index is 9.49. The van der Waals surface area contributed by atoms with Crippen LogP contribution >= 0.6 is 0 Å². The first-order valence-electron chi connectivity index (χ1n) is 6.86. The summed E-state index contributed by atoms with van der Waals surface area (Å²) in [5.74, 6) is 0. The summed E-state index contributed by atoms with van der Waals surface area (Å²) in [6, 6.07) is 11.1. The molecule has 96 valence electrons. The summed E-state index contributed by atoms with van der Waals surface area (Å²) in [6.45, 7) is 6.37. The Morgan fingerprint density at radius 2 is 2.06 bits per heavy atom. The second-order valence-corrected chi connectivity index (χ2v) is 5.57. The molecule has 0 aliphatic carbocycles. The van der Waals surface area contributed by atoms with E-state index >= 15 is 0 Å². The molecule has 1 saturated heterocycles. The molecule has 0 N–H and O–H groups in total. The van der Waals surface area contributed by atoms with E-state index in [1.165, 1.54) is 24.0 Å². The van der Waals surface area contributed by atoms with E-state index in [4.69, 9.17) is 0 Å². The van der Waals surface area contributed by atoms with E-state index in [1.54, 1.807) is 0 Å². The molecule has 2 rings (SSSR count). The van der Waals surface area contributed by atoms with Gasteiger partial charge < -0.3 is 0 Å². The topological polar surface area (TPSA) is 27.0 Å². The standard InChI is InChI=1S/C16H22N2/c1-14-6-5-7-15(12-14)8-9-16(2,13-17)18-10-3-4-11-18/h5-7,12H,3-4,8-11H2,1-2H3. The van der Waals surface area contributed by atoms with E-state index in [1.807, 2.05) is 0 Å². The fourth-order valence-electron chi connectivity index (χ4n) is 2.75. The average molecular weight is 242 g/mol. The lowest BCUT2D eigenvalue weighted by Gasteiger charge is -2.32. The molecule has 0 radical (unpaired) electrons. The van der Waals surface area contributed by atoms with Crippen molar-refractivity contribution in [3.8, 4) is 6.07 Å². The Kier molecular flexibility index (Phi) is 4.04. The zero-order valence-electron chi connectivity index (χ0n) is 11.4. The summed E-state index contributed by atoms with van der Waals surface area (Å²) in [5, 5.41) is 9.49. The highest BCUT2D eigenvalue weighted by atomic mass is 15.2. The number of aryl methyl sites for hydroxylation is 2. The highest BCUT2D eigenvalue weighted by molar-refractivity contribution is 5.23. The molecule has 2 heteroatoms. The van der Waals surface area contributed by atoms with E-state index in [-0.39, 0.29) is 5.54 Å². The van der Waals surface area contributed by atoms with Gasteiger partial charge in [-0.2, -0.15) is 5.26 Å². The van der Waals surface area contributed by atoms with Crippen LogP contribution in [0.15, 0.2) is 24.3 Å². The molecular formula is C16H22N2. The van der Waals surface area contributed by atoms with Gasteiger partial charge in [0.05, 0.1) is 6.07 Å². The maximum Gasteiger partial charge on any atom is 0.106 e. The summed E-state index contributed by atoms with van der Waals surface area (Å²) < 4.78 is 0. The van der Waals surface area contributed by atoms with Crippen molar-refractivity contribution in [2.75, 3.05) is 13.1 Å². The van der Waals surface area contributed by atoms with Crippen molar-refractivity contribution in [1.29, 1.82) is 5.26 Å². The lowest BCUT2D eigenvalue weighted by molar-refractivity contribution is 0.181. The molecule has 1 heterocycles. The van der Waals surface area contributed by atoms with Crippen molar-refractivity contribution in [2.45, 2.75) is 45.1 Å². The molecule has 1 aliphatic heterocycles. The van der Waals surface area contributed by atoms with E-state index in [2.05, 4.69) is 49.1 Å². The third kappa shape index (κ3) is 2.91. The molecule has 1 fully saturated rings. The van der Waals surface area contributed by atoms with Gasteiger partial charge >= 0.3 is 0 Å². The third-order valence-corrected chi connectivity index (χ3v) is 4.03. The molecule has 0 amide bonds. The van der Waals surface area contributed by atoms with Gasteiger partial charge in [-0.25, -0.2) is 0 Å². The summed E-state index contributed by atoms with van der Waals surface area (Å²) in [5.41, 5.74) is 2.35. The van der Waals surface area contributed by atoms with Crippen LogP contribution in [0.25, 0.3) is 0 Å². The van der Waals surface area contributed by atoms with Gasteiger partial charge in [0.2, 0.25) is 0 Å². The number of nitriles is 1. The van der Waals surface area contributed by atoms with Crippen molar-refractivity contribution in [3.05, 3.63) is 35.4 Å². The van der Waals surface area contributed by atoms with Crippen LogP contribution in [0.5, 0.6) is 0 Å². The molecule has 1 aliphatic rings. The lowest BCUT2D eigenvalue weighted by atomic mass is 9.92. The Balaban J connectivity index is 2.01. The van der Waals surface area contributed by atoms with Gasteiger partial charge in [-0.05, 0) is 58.2 Å². The second-order valence-electron chi connectivity index (χ2n) is 5.57. The zero-order valence-corrected chi connectivity index (χ0v) is 11.4. The number of benzene rings is 1. The molecular weight excluding hydrogens is 220 g/mol. The van der Waals surface area contributed by atoms with Crippen molar-refractivity contribution >= 4 is 0 Å². The van der Waals surface area contributed by atoms with Crippen LogP contribution < -0.4 is 0 Å². The van der Waals surface area contributed by atoms with E-state index in [0.29, 0.717) is 0 Å². The van der Waals surface area contributed by atoms with Gasteiger partial charge in [-0.1, -0.05) is 29.8 Å². The minimum Gasteiger partial charge on any atom is -0.286 e. The van der Waals surface area contributed by atoms with Crippen LogP contribution in [0.3, 0.4) is 0 Å². The summed E-state index contributed by atoms with van der Waals surface area (Å²) in [7, 11) is 0. The van der Waals surface area contributed by atoms with Crippen LogP contribution in [0.4, 0.5) is 0 Å². The monoisotopic (exact) mass is 242 g/mol. The Morgan fingerprint density at radius 1 is 1.33 bits per heavy atom. The second kappa shape index (κ2) is 5.54. The van der Waals surface area contributed by atoms with E-state index in [9.17, 15) is 5.26 Å². The molecule has 1 atom stereocenters. The van der Waals surface area contributed by atoms with Crippen LogP contribution in [0.1, 0.15) is 37.3 Å². The first-order chi connectivity index (χ1) is 8.64. The third-order valence-electron chi connectivity index (χ3n) is 4.03. The summed E-state index contributed by atoms with van der Waals surface area (Å²) in [6.07, 6.45) is 4.39. The maximum absolute atomic E-state index is 9.49. The molecule has 0 spiro atoms. The van der Waals surface area contributed by atoms with E-state index < -0.39 is 0 Å². The summed E-state index contributed by atoms with van der Waals surface area (Å²) in [4.78, 5) is 2.35. The zero-order chi connectivity index (χ0) is 13.0. The Bertz CT molecular complexity index is 441. The molecule has 0 saturated carbocycles. The van der Waals surface area contributed by atoms with Gasteiger partial charge in [0, 0.05) is 0 Å². The molecule has 1 aromatic rings. The van der Waals surface area contributed by atoms with Crippen molar-refractivity contribution in [2.24, 2.45) is 0 Å². The van der Waals surface area contributed by atoms with Crippen LogP contribution in [0, 0.1) is 18.3 Å². The molecule has 18 heavy (non-hydrogen) atoms. The predicted molar refractivity (Wildman–Crippen MR) is 74.3 cm³/mol. The fraction of sp³-hybridized carbons (Fsp3) is 0.562. The normalized spacial score (nSPS) is 19.4. The molecule has 1 unspecified atom stereocenters. The van der Waals surface area contributed by atoms with Crippen LogP contribution in [-0.4, -0.2) is 23.5 Å². The molecule has 0 aromatic heterocycles. The number of nitrogens with zero attached hydrogens (tertiary/aromatic N) is 2. The first kappa shape index (κ1) is 13.1. The van der Waals surface area contributed by atoms with Crippen LogP contribution in [-0.2, 0) is 6.42 Å². The fourth-order valence-corrected chi connectivity index (χ4v) is 2.75. The Labute approximate surface area is 110 Å². The van der Waals surface area contributed by atoms with Crippen molar-refractivity contribution in [1.82, 2.24) is 4.90 Å². The predicted octanol–water partition coefficient (Wildman–Crippen LogP) is 3.31. The van der Waals surface area contributed by atoms with Crippen molar-refractivity contribution in [3.63, 3.8) is 0 Å². The quantitative estimate of drug-likeness (QED) is 0.810. The minimum absolute atomic E-state index is 0.291. The first-order valence-corrected chi connectivity index (χ1v) is 6.86. The Hall–Kier alpha value is -1.33. The highest BCUT2D eigenvalue weighted by Crippen LogP contribution is 2.25. The SMILES string of the molecule is Cc1cccc(CCC(C)(C#N)N2CCCC2)c1.